The Labute approximate surface area is 174 Å². The van der Waals surface area contributed by atoms with Crippen LogP contribution in [-0.4, -0.2) is 25.3 Å². The Bertz CT molecular complexity index is 1230. The Morgan fingerprint density at radius 3 is 2.43 bits per heavy atom. The van der Waals surface area contributed by atoms with Gasteiger partial charge in [-0.25, -0.2) is 5.43 Å². The van der Waals surface area contributed by atoms with Gasteiger partial charge in [0.05, 0.1) is 13.3 Å². The number of nitrogens with zero attached hydrogens (tertiary/aromatic N) is 1. The molecule has 1 N–H and O–H groups in total. The minimum atomic E-state index is -0.697. The molecule has 1 atom stereocenters. The highest BCUT2D eigenvalue weighted by Crippen LogP contribution is 2.26. The van der Waals surface area contributed by atoms with Gasteiger partial charge in [0.15, 0.2) is 6.10 Å². The zero-order valence-corrected chi connectivity index (χ0v) is 16.8. The number of rotatable bonds is 6. The molecule has 4 aromatic carbocycles. The second-order valence-electron chi connectivity index (χ2n) is 6.91. The summed E-state index contributed by atoms with van der Waals surface area (Å²) in [6.45, 7) is 1.69. The van der Waals surface area contributed by atoms with Crippen LogP contribution in [0.5, 0.6) is 11.5 Å². The molecule has 1 unspecified atom stereocenters. The second kappa shape index (κ2) is 8.66. The first-order valence-corrected chi connectivity index (χ1v) is 9.70. The predicted molar refractivity (Wildman–Crippen MR) is 120 cm³/mol. The maximum absolute atomic E-state index is 12.4. The maximum atomic E-state index is 12.4. The smallest absolute Gasteiger partial charge is 0.280 e. The molecule has 5 nitrogen and oxygen atoms in total. The lowest BCUT2D eigenvalue weighted by atomic mass is 10.0. The lowest BCUT2D eigenvalue weighted by molar-refractivity contribution is -0.127. The van der Waals surface area contributed by atoms with Crippen molar-refractivity contribution in [2.24, 2.45) is 5.10 Å². The van der Waals surface area contributed by atoms with Crippen LogP contribution in [0.1, 0.15) is 12.5 Å². The Balaban J connectivity index is 1.46. The van der Waals surface area contributed by atoms with E-state index in [1.807, 2.05) is 78.9 Å². The van der Waals surface area contributed by atoms with Crippen LogP contribution in [0.4, 0.5) is 0 Å². The van der Waals surface area contributed by atoms with E-state index in [1.165, 1.54) is 0 Å². The highest BCUT2D eigenvalue weighted by atomic mass is 16.5. The van der Waals surface area contributed by atoms with Gasteiger partial charge in [0.25, 0.3) is 5.91 Å². The third-order valence-electron chi connectivity index (χ3n) is 4.92. The molecule has 150 valence electrons. The minimum absolute atomic E-state index is 0.335. The highest BCUT2D eigenvalue weighted by molar-refractivity contribution is 6.02. The van der Waals surface area contributed by atoms with Crippen LogP contribution in [-0.2, 0) is 4.79 Å². The number of hydrazone groups is 1. The summed E-state index contributed by atoms with van der Waals surface area (Å²) in [5, 5.41) is 8.37. The topological polar surface area (TPSA) is 59.9 Å². The first kappa shape index (κ1) is 19.5. The van der Waals surface area contributed by atoms with Crippen LogP contribution >= 0.6 is 0 Å². The summed E-state index contributed by atoms with van der Waals surface area (Å²) in [6, 6.07) is 25.6. The Morgan fingerprint density at radius 2 is 1.63 bits per heavy atom. The normalized spacial score (nSPS) is 12.2. The van der Waals surface area contributed by atoms with E-state index in [2.05, 4.69) is 10.5 Å². The van der Waals surface area contributed by atoms with Crippen molar-refractivity contribution < 1.29 is 14.3 Å². The summed E-state index contributed by atoms with van der Waals surface area (Å²) in [6.07, 6.45) is 0.902. The fourth-order valence-electron chi connectivity index (χ4n) is 3.34. The number of hydrogen-bond acceptors (Lipinski definition) is 4. The molecule has 0 radical (unpaired) electrons. The molecule has 0 heterocycles. The Kier molecular flexibility index (Phi) is 5.61. The fourth-order valence-corrected chi connectivity index (χ4v) is 3.34. The van der Waals surface area contributed by atoms with Crippen molar-refractivity contribution in [1.82, 2.24) is 5.43 Å². The molecule has 5 heteroatoms. The lowest BCUT2D eigenvalue weighted by Gasteiger charge is -2.13. The van der Waals surface area contributed by atoms with Gasteiger partial charge in [-0.3, -0.25) is 4.79 Å². The number of ether oxygens (including phenoxy) is 2. The van der Waals surface area contributed by atoms with E-state index in [4.69, 9.17) is 9.47 Å². The molecular weight excluding hydrogens is 376 g/mol. The van der Waals surface area contributed by atoms with Crippen LogP contribution < -0.4 is 14.9 Å². The van der Waals surface area contributed by atoms with E-state index in [0.717, 1.165) is 27.1 Å². The lowest BCUT2D eigenvalue weighted by Crippen LogP contribution is -2.33. The zero-order chi connectivity index (χ0) is 20.9. The molecule has 0 aliphatic heterocycles. The maximum Gasteiger partial charge on any atom is 0.280 e. The van der Waals surface area contributed by atoms with Crippen LogP contribution in [0.15, 0.2) is 84.0 Å². The Morgan fingerprint density at radius 1 is 0.933 bits per heavy atom. The van der Waals surface area contributed by atoms with Gasteiger partial charge in [0.1, 0.15) is 11.5 Å². The number of amides is 1. The average molecular weight is 398 g/mol. The van der Waals surface area contributed by atoms with Gasteiger partial charge in [-0.1, -0.05) is 60.7 Å². The summed E-state index contributed by atoms with van der Waals surface area (Å²) in [4.78, 5) is 12.4. The molecule has 0 aliphatic rings. The quantitative estimate of drug-likeness (QED) is 0.370. The van der Waals surface area contributed by atoms with Gasteiger partial charge in [0, 0.05) is 5.56 Å². The molecule has 1 amide bonds. The molecule has 0 aromatic heterocycles. The summed E-state index contributed by atoms with van der Waals surface area (Å²) < 4.78 is 11.2. The minimum Gasteiger partial charge on any atom is -0.496 e. The van der Waals surface area contributed by atoms with Crippen LogP contribution in [0, 0.1) is 0 Å². The van der Waals surface area contributed by atoms with Crippen molar-refractivity contribution in [2.75, 3.05) is 7.11 Å². The summed E-state index contributed by atoms with van der Waals surface area (Å²) in [5.41, 5.74) is 3.36. The number of nitrogens with one attached hydrogen (secondary N) is 1. The van der Waals surface area contributed by atoms with Crippen molar-refractivity contribution in [3.05, 3.63) is 84.4 Å². The first-order valence-electron chi connectivity index (χ1n) is 9.70. The van der Waals surface area contributed by atoms with E-state index in [9.17, 15) is 4.79 Å². The summed E-state index contributed by atoms with van der Waals surface area (Å²) in [5.74, 6) is 0.988. The van der Waals surface area contributed by atoms with E-state index in [-0.39, 0.29) is 5.91 Å². The average Bonchev–Trinajstić information content (AvgIpc) is 2.78. The standard InChI is InChI=1S/C25H22N2O3/c1-17(30-21-13-11-18-7-3-4-9-20(18)15-21)25(28)27-26-16-23-22-10-6-5-8-19(22)12-14-24(23)29-2/h3-17H,1-2H3,(H,27,28)/b26-16+. The van der Waals surface area contributed by atoms with Crippen molar-refractivity contribution in [2.45, 2.75) is 13.0 Å². The summed E-state index contributed by atoms with van der Waals surface area (Å²) >= 11 is 0. The molecule has 0 saturated carbocycles. The SMILES string of the molecule is COc1ccc2ccccc2c1/C=N/NC(=O)C(C)Oc1ccc2ccccc2c1. The number of carbonyl (C=O) groups is 1. The zero-order valence-electron chi connectivity index (χ0n) is 16.8. The van der Waals surface area contributed by atoms with Gasteiger partial charge in [0.2, 0.25) is 0 Å². The van der Waals surface area contributed by atoms with E-state index < -0.39 is 6.10 Å². The molecule has 0 aliphatic carbocycles. The molecule has 0 saturated heterocycles. The van der Waals surface area contributed by atoms with Crippen LogP contribution in [0.25, 0.3) is 21.5 Å². The third kappa shape index (κ3) is 4.10. The van der Waals surface area contributed by atoms with E-state index in [0.29, 0.717) is 11.5 Å². The van der Waals surface area contributed by atoms with Gasteiger partial charge in [-0.15, -0.1) is 0 Å². The van der Waals surface area contributed by atoms with Crippen molar-refractivity contribution in [3.63, 3.8) is 0 Å². The molecule has 0 spiro atoms. The highest BCUT2D eigenvalue weighted by Gasteiger charge is 2.14. The van der Waals surface area contributed by atoms with Crippen molar-refractivity contribution in [3.8, 4) is 11.5 Å². The van der Waals surface area contributed by atoms with E-state index >= 15 is 0 Å². The van der Waals surface area contributed by atoms with Gasteiger partial charge in [-0.05, 0) is 46.7 Å². The molecule has 4 aromatic rings. The molecule has 0 bridgehead atoms. The van der Waals surface area contributed by atoms with Crippen LogP contribution in [0.2, 0.25) is 0 Å². The second-order valence-corrected chi connectivity index (χ2v) is 6.91. The molecule has 4 rings (SSSR count). The fraction of sp³-hybridized carbons (Fsp3) is 0.120. The van der Waals surface area contributed by atoms with Crippen molar-refractivity contribution >= 4 is 33.7 Å². The third-order valence-corrected chi connectivity index (χ3v) is 4.92. The molecule has 0 fully saturated rings. The van der Waals surface area contributed by atoms with Gasteiger partial charge >= 0.3 is 0 Å². The largest absolute Gasteiger partial charge is 0.496 e. The van der Waals surface area contributed by atoms with Gasteiger partial charge in [-0.2, -0.15) is 5.10 Å². The summed E-state index contributed by atoms with van der Waals surface area (Å²) in [7, 11) is 1.61. The first-order chi connectivity index (χ1) is 14.7. The van der Waals surface area contributed by atoms with Crippen LogP contribution in [0.3, 0.4) is 0 Å². The van der Waals surface area contributed by atoms with E-state index in [1.54, 1.807) is 20.2 Å². The van der Waals surface area contributed by atoms with Crippen molar-refractivity contribution in [1.29, 1.82) is 0 Å². The number of fused-ring (bicyclic) bond motifs is 2. The number of methoxy groups -OCH3 is 1. The molecule has 30 heavy (non-hydrogen) atoms. The number of benzene rings is 4. The molecular formula is C25H22N2O3. The number of hydrogen-bond donors (Lipinski definition) is 1. The Hall–Kier alpha value is -3.86. The number of carbonyl (C=O) groups excluding carboxylic acids is 1. The predicted octanol–water partition coefficient (Wildman–Crippen LogP) is 4.92. The monoisotopic (exact) mass is 398 g/mol. The van der Waals surface area contributed by atoms with Gasteiger partial charge < -0.3 is 9.47 Å².